The van der Waals surface area contributed by atoms with Gasteiger partial charge in [-0.15, -0.1) is 11.3 Å². The summed E-state index contributed by atoms with van der Waals surface area (Å²) in [5.74, 6) is -0.727. The summed E-state index contributed by atoms with van der Waals surface area (Å²) in [6.07, 6.45) is 5.50. The lowest BCUT2D eigenvalue weighted by Gasteiger charge is -2.20. The molecule has 1 fully saturated rings. The number of rotatable bonds is 5. The van der Waals surface area contributed by atoms with Gasteiger partial charge < -0.3 is 10.4 Å². The summed E-state index contributed by atoms with van der Waals surface area (Å²) in [5.41, 5.74) is 1.92. The second-order valence-electron chi connectivity index (χ2n) is 6.10. The van der Waals surface area contributed by atoms with Crippen LogP contribution in [-0.4, -0.2) is 22.0 Å². The number of hydrogen-bond acceptors (Lipinski definition) is 4. The van der Waals surface area contributed by atoms with Gasteiger partial charge in [0.2, 0.25) is 5.91 Å². The van der Waals surface area contributed by atoms with Gasteiger partial charge in [0.05, 0.1) is 0 Å². The first-order chi connectivity index (χ1) is 11.6. The highest BCUT2D eigenvalue weighted by Crippen LogP contribution is 2.25. The van der Waals surface area contributed by atoms with Crippen molar-refractivity contribution >= 4 is 23.2 Å². The van der Waals surface area contributed by atoms with Gasteiger partial charge in [0, 0.05) is 23.4 Å². The molecule has 1 saturated carbocycles. The van der Waals surface area contributed by atoms with Gasteiger partial charge in [-0.05, 0) is 24.5 Å². The van der Waals surface area contributed by atoms with E-state index in [0.717, 1.165) is 36.8 Å². The summed E-state index contributed by atoms with van der Waals surface area (Å²) in [5, 5.41) is 14.2. The number of amides is 1. The molecular weight excluding hydrogens is 324 g/mol. The quantitative estimate of drug-likeness (QED) is 0.867. The van der Waals surface area contributed by atoms with Crippen LogP contribution < -0.4 is 5.32 Å². The molecule has 1 heterocycles. The van der Waals surface area contributed by atoms with Crippen molar-refractivity contribution in [1.29, 1.82) is 0 Å². The number of thiazole rings is 1. The molecule has 126 valence electrons. The molecule has 1 aromatic carbocycles. The average molecular weight is 344 g/mol. The molecular formula is C18H20N2O3S. The highest BCUT2D eigenvalue weighted by atomic mass is 32.1. The summed E-state index contributed by atoms with van der Waals surface area (Å²) >= 11 is 1.31. The van der Waals surface area contributed by atoms with Gasteiger partial charge in [-0.1, -0.05) is 37.5 Å². The van der Waals surface area contributed by atoms with Crippen LogP contribution in [0.15, 0.2) is 29.6 Å². The van der Waals surface area contributed by atoms with E-state index in [-0.39, 0.29) is 17.5 Å². The zero-order valence-electron chi connectivity index (χ0n) is 13.3. The number of aromatic carboxylic acids is 1. The van der Waals surface area contributed by atoms with Gasteiger partial charge in [0.1, 0.15) is 5.01 Å². The Balaban J connectivity index is 1.64. The number of aromatic nitrogens is 1. The molecule has 0 radical (unpaired) electrons. The fourth-order valence-electron chi connectivity index (χ4n) is 3.02. The Bertz CT molecular complexity index is 735. The van der Waals surface area contributed by atoms with E-state index in [1.165, 1.54) is 23.1 Å². The summed E-state index contributed by atoms with van der Waals surface area (Å²) in [4.78, 5) is 27.3. The van der Waals surface area contributed by atoms with Crippen LogP contribution in [0, 0.1) is 5.92 Å². The molecule has 0 bridgehead atoms. The van der Waals surface area contributed by atoms with Crippen LogP contribution >= 0.6 is 11.3 Å². The van der Waals surface area contributed by atoms with Gasteiger partial charge in [-0.25, -0.2) is 9.78 Å². The third-order valence-corrected chi connectivity index (χ3v) is 5.23. The molecule has 1 aromatic heterocycles. The molecule has 2 N–H and O–H groups in total. The van der Waals surface area contributed by atoms with Crippen LogP contribution in [0.25, 0.3) is 10.6 Å². The third-order valence-electron chi connectivity index (χ3n) is 4.34. The Morgan fingerprint density at radius 3 is 2.75 bits per heavy atom. The summed E-state index contributed by atoms with van der Waals surface area (Å²) in [6.45, 7) is 0.486. The van der Waals surface area contributed by atoms with E-state index in [9.17, 15) is 9.59 Å². The van der Waals surface area contributed by atoms with E-state index >= 15 is 0 Å². The monoisotopic (exact) mass is 344 g/mol. The Morgan fingerprint density at radius 2 is 2.04 bits per heavy atom. The van der Waals surface area contributed by atoms with E-state index < -0.39 is 5.97 Å². The fraction of sp³-hybridized carbons (Fsp3) is 0.389. The molecule has 1 aliphatic rings. The van der Waals surface area contributed by atoms with Crippen LogP contribution in [-0.2, 0) is 11.3 Å². The molecule has 0 spiro atoms. The van der Waals surface area contributed by atoms with E-state index in [0.29, 0.717) is 11.6 Å². The number of nitrogens with zero attached hydrogens (tertiary/aromatic N) is 1. The average Bonchev–Trinajstić information content (AvgIpc) is 3.11. The van der Waals surface area contributed by atoms with E-state index in [1.807, 2.05) is 24.3 Å². The van der Waals surface area contributed by atoms with Crippen molar-refractivity contribution < 1.29 is 14.7 Å². The number of carboxylic acid groups (broad SMARTS) is 1. The topological polar surface area (TPSA) is 79.3 Å². The maximum absolute atomic E-state index is 12.2. The third kappa shape index (κ3) is 4.00. The van der Waals surface area contributed by atoms with Crippen molar-refractivity contribution in [3.05, 3.63) is 40.9 Å². The standard InChI is InChI=1S/C18H20N2O3S/c21-16(13-6-2-1-3-7-13)19-10-12-5-4-8-14(9-12)17-20-15(11-24-17)18(22)23/h4-5,8-9,11,13H,1-3,6-7,10H2,(H,19,21)(H,22,23). The fourth-order valence-corrected chi connectivity index (χ4v) is 3.81. The lowest BCUT2D eigenvalue weighted by atomic mass is 9.88. The predicted octanol–water partition coefficient (Wildman–Crippen LogP) is 3.70. The molecule has 2 aromatic rings. The van der Waals surface area contributed by atoms with Gasteiger partial charge >= 0.3 is 5.97 Å². The van der Waals surface area contributed by atoms with Gasteiger partial charge in [-0.3, -0.25) is 4.79 Å². The van der Waals surface area contributed by atoms with E-state index in [2.05, 4.69) is 10.3 Å². The summed E-state index contributed by atoms with van der Waals surface area (Å²) < 4.78 is 0. The Morgan fingerprint density at radius 1 is 1.25 bits per heavy atom. The number of nitrogens with one attached hydrogen (secondary N) is 1. The summed E-state index contributed by atoms with van der Waals surface area (Å²) in [6, 6.07) is 7.71. The number of benzene rings is 1. The number of hydrogen-bond donors (Lipinski definition) is 2. The highest BCUT2D eigenvalue weighted by molar-refractivity contribution is 7.13. The highest BCUT2D eigenvalue weighted by Gasteiger charge is 2.20. The SMILES string of the molecule is O=C(O)c1csc(-c2cccc(CNC(=O)C3CCCCC3)c2)n1. The zero-order valence-corrected chi connectivity index (χ0v) is 14.1. The van der Waals surface area contributed by atoms with Crippen molar-refractivity contribution in [2.45, 2.75) is 38.6 Å². The molecule has 5 nitrogen and oxygen atoms in total. The minimum Gasteiger partial charge on any atom is -0.476 e. The lowest BCUT2D eigenvalue weighted by molar-refractivity contribution is -0.126. The van der Waals surface area contributed by atoms with Crippen LogP contribution in [0.2, 0.25) is 0 Å². The molecule has 1 aliphatic carbocycles. The largest absolute Gasteiger partial charge is 0.476 e. The molecule has 24 heavy (non-hydrogen) atoms. The van der Waals surface area contributed by atoms with E-state index in [4.69, 9.17) is 5.11 Å². The van der Waals surface area contributed by atoms with Crippen LogP contribution in [0.3, 0.4) is 0 Å². The van der Waals surface area contributed by atoms with E-state index in [1.54, 1.807) is 0 Å². The molecule has 3 rings (SSSR count). The number of carbonyl (C=O) groups is 2. The van der Waals surface area contributed by atoms with Crippen molar-refractivity contribution in [3.63, 3.8) is 0 Å². The Labute approximate surface area is 144 Å². The zero-order chi connectivity index (χ0) is 16.9. The smallest absolute Gasteiger partial charge is 0.355 e. The molecule has 0 atom stereocenters. The van der Waals surface area contributed by atoms with Crippen LogP contribution in [0.4, 0.5) is 0 Å². The van der Waals surface area contributed by atoms with Gasteiger partial charge in [0.25, 0.3) is 0 Å². The minimum atomic E-state index is -1.02. The molecule has 6 heteroatoms. The Kier molecular flexibility index (Phi) is 5.25. The maximum atomic E-state index is 12.2. The van der Waals surface area contributed by atoms with Crippen molar-refractivity contribution in [2.75, 3.05) is 0 Å². The van der Waals surface area contributed by atoms with Crippen molar-refractivity contribution in [2.24, 2.45) is 5.92 Å². The Hall–Kier alpha value is -2.21. The molecule has 0 saturated heterocycles. The summed E-state index contributed by atoms with van der Waals surface area (Å²) in [7, 11) is 0. The molecule has 0 unspecified atom stereocenters. The lowest BCUT2D eigenvalue weighted by Crippen LogP contribution is -2.31. The van der Waals surface area contributed by atoms with Gasteiger partial charge in [0.15, 0.2) is 5.69 Å². The van der Waals surface area contributed by atoms with Crippen molar-refractivity contribution in [3.8, 4) is 10.6 Å². The molecule has 1 amide bonds. The minimum absolute atomic E-state index is 0.0611. The normalized spacial score (nSPS) is 15.2. The molecule has 0 aliphatic heterocycles. The second-order valence-corrected chi connectivity index (χ2v) is 6.95. The second kappa shape index (κ2) is 7.57. The number of carboxylic acids is 1. The number of carbonyl (C=O) groups excluding carboxylic acids is 1. The predicted molar refractivity (Wildman–Crippen MR) is 92.9 cm³/mol. The van der Waals surface area contributed by atoms with Crippen LogP contribution in [0.1, 0.15) is 48.2 Å². The van der Waals surface area contributed by atoms with Crippen molar-refractivity contribution in [1.82, 2.24) is 10.3 Å². The van der Waals surface area contributed by atoms with Gasteiger partial charge in [-0.2, -0.15) is 0 Å². The maximum Gasteiger partial charge on any atom is 0.355 e. The first kappa shape index (κ1) is 16.6. The first-order valence-corrected chi connectivity index (χ1v) is 9.07. The van der Waals surface area contributed by atoms with Crippen LogP contribution in [0.5, 0.6) is 0 Å². The first-order valence-electron chi connectivity index (χ1n) is 8.19.